The topological polar surface area (TPSA) is 53.6 Å². The molecule has 1 aliphatic carbocycles. The van der Waals surface area contributed by atoms with Crippen molar-refractivity contribution in [3.63, 3.8) is 0 Å². The van der Waals surface area contributed by atoms with Crippen LogP contribution in [-0.4, -0.2) is 21.1 Å². The van der Waals surface area contributed by atoms with Crippen molar-refractivity contribution in [2.75, 3.05) is 0 Å². The molecule has 0 bridgehead atoms. The maximum atomic E-state index is 9.52. The van der Waals surface area contributed by atoms with E-state index in [2.05, 4.69) is 54.8 Å². The van der Waals surface area contributed by atoms with E-state index >= 15 is 0 Å². The molecule has 1 heterocycles. The molecule has 0 aromatic carbocycles. The summed E-state index contributed by atoms with van der Waals surface area (Å²) in [5.74, 6) is 1.55. The first-order chi connectivity index (χ1) is 8.97. The zero-order chi connectivity index (χ0) is 14.0. The summed E-state index contributed by atoms with van der Waals surface area (Å²) in [4.78, 5) is 4.45. The van der Waals surface area contributed by atoms with Crippen molar-refractivity contribution in [3.8, 4) is 6.07 Å². The second kappa shape index (κ2) is 5.34. The Balaban J connectivity index is 2.17. The normalized spacial score (nSPS) is 27.1. The van der Waals surface area contributed by atoms with Gasteiger partial charge in [-0.15, -0.1) is 0 Å². The zero-order valence-electron chi connectivity index (χ0n) is 12.3. The largest absolute Gasteiger partial charge is 0.332 e. The van der Waals surface area contributed by atoms with Crippen molar-refractivity contribution in [2.45, 2.75) is 70.5 Å². The lowest BCUT2D eigenvalue weighted by Crippen LogP contribution is -2.45. The fraction of sp³-hybridized carbons (Fsp3) is 0.733. The molecular weight excluding hydrogens is 236 g/mol. The maximum absolute atomic E-state index is 9.52. The van der Waals surface area contributed by atoms with Gasteiger partial charge in [0.05, 0.1) is 6.07 Å². The Morgan fingerprint density at radius 2 is 2.21 bits per heavy atom. The minimum absolute atomic E-state index is 0.339. The minimum Gasteiger partial charge on any atom is -0.332 e. The lowest BCUT2D eigenvalue weighted by atomic mass is 9.98. The van der Waals surface area contributed by atoms with Gasteiger partial charge in [0.1, 0.15) is 11.4 Å². The molecule has 0 aliphatic heterocycles. The van der Waals surface area contributed by atoms with Crippen LogP contribution in [0.25, 0.3) is 0 Å². The van der Waals surface area contributed by atoms with Gasteiger partial charge in [0.2, 0.25) is 0 Å². The monoisotopic (exact) mass is 260 g/mol. The van der Waals surface area contributed by atoms with Gasteiger partial charge in [-0.1, -0.05) is 13.8 Å². The van der Waals surface area contributed by atoms with E-state index in [-0.39, 0.29) is 5.54 Å². The van der Waals surface area contributed by atoms with Crippen molar-refractivity contribution in [1.29, 1.82) is 5.26 Å². The first-order valence-corrected chi connectivity index (χ1v) is 7.19. The minimum atomic E-state index is -0.364. The predicted molar refractivity (Wildman–Crippen MR) is 75.8 cm³/mol. The van der Waals surface area contributed by atoms with Crippen molar-refractivity contribution in [2.24, 2.45) is 0 Å². The zero-order valence-corrected chi connectivity index (χ0v) is 12.3. The van der Waals surface area contributed by atoms with Crippen LogP contribution in [0.1, 0.15) is 64.7 Å². The Kier molecular flexibility index (Phi) is 3.96. The summed E-state index contributed by atoms with van der Waals surface area (Å²) >= 11 is 0. The molecule has 1 aromatic heterocycles. The highest BCUT2D eigenvalue weighted by Crippen LogP contribution is 2.39. The number of imidazole rings is 1. The molecule has 1 fully saturated rings. The van der Waals surface area contributed by atoms with Crippen LogP contribution in [0.3, 0.4) is 0 Å². The molecule has 4 heteroatoms. The number of nitrogens with zero attached hydrogens (tertiary/aromatic N) is 3. The van der Waals surface area contributed by atoms with Crippen LogP contribution in [0.4, 0.5) is 0 Å². The van der Waals surface area contributed by atoms with Crippen molar-refractivity contribution >= 4 is 0 Å². The summed E-state index contributed by atoms with van der Waals surface area (Å²) in [5, 5.41) is 13.0. The lowest BCUT2D eigenvalue weighted by molar-refractivity contribution is 0.366. The third-order valence-corrected chi connectivity index (χ3v) is 3.88. The van der Waals surface area contributed by atoms with Crippen molar-refractivity contribution < 1.29 is 0 Å². The SMILES string of the molecule is CC(C)NC1(C#N)CCC(n2ccnc2C(C)C)C1. The van der Waals surface area contributed by atoms with Gasteiger partial charge in [-0.3, -0.25) is 5.32 Å². The molecule has 0 spiro atoms. The number of hydrogen-bond donors (Lipinski definition) is 1. The van der Waals surface area contributed by atoms with E-state index < -0.39 is 0 Å². The van der Waals surface area contributed by atoms with E-state index in [0.29, 0.717) is 18.0 Å². The molecular formula is C15H24N4. The molecule has 2 unspecified atom stereocenters. The fourth-order valence-electron chi connectivity index (χ4n) is 3.15. The summed E-state index contributed by atoms with van der Waals surface area (Å²) in [6, 6.07) is 3.24. The molecule has 4 nitrogen and oxygen atoms in total. The molecule has 0 amide bonds. The van der Waals surface area contributed by atoms with E-state index in [0.717, 1.165) is 25.1 Å². The van der Waals surface area contributed by atoms with Gasteiger partial charge >= 0.3 is 0 Å². The fourth-order valence-corrected chi connectivity index (χ4v) is 3.15. The average molecular weight is 260 g/mol. The summed E-state index contributed by atoms with van der Waals surface area (Å²) in [6.45, 7) is 8.53. The summed E-state index contributed by atoms with van der Waals surface area (Å²) < 4.78 is 2.27. The second-order valence-corrected chi connectivity index (χ2v) is 6.24. The van der Waals surface area contributed by atoms with Crippen LogP contribution in [0.15, 0.2) is 12.4 Å². The predicted octanol–water partition coefficient (Wildman–Crippen LogP) is 2.99. The molecule has 104 valence electrons. The Labute approximate surface area is 115 Å². The number of hydrogen-bond acceptors (Lipinski definition) is 3. The molecule has 1 N–H and O–H groups in total. The number of aromatic nitrogens is 2. The summed E-state index contributed by atoms with van der Waals surface area (Å²) in [6.07, 6.45) is 6.77. The van der Waals surface area contributed by atoms with Crippen molar-refractivity contribution in [3.05, 3.63) is 18.2 Å². The molecule has 0 saturated heterocycles. The Morgan fingerprint density at radius 1 is 1.47 bits per heavy atom. The van der Waals surface area contributed by atoms with Gasteiger partial charge in [-0.05, 0) is 33.1 Å². The Morgan fingerprint density at radius 3 is 2.79 bits per heavy atom. The van der Waals surface area contributed by atoms with Crippen LogP contribution in [-0.2, 0) is 0 Å². The second-order valence-electron chi connectivity index (χ2n) is 6.24. The molecule has 1 aromatic rings. The smallest absolute Gasteiger partial charge is 0.111 e. The molecule has 1 aliphatic rings. The molecule has 2 rings (SSSR count). The van der Waals surface area contributed by atoms with Gasteiger partial charge in [0, 0.05) is 30.4 Å². The molecule has 1 saturated carbocycles. The van der Waals surface area contributed by atoms with Crippen LogP contribution < -0.4 is 5.32 Å². The van der Waals surface area contributed by atoms with E-state index in [9.17, 15) is 5.26 Å². The number of rotatable bonds is 4. The first-order valence-electron chi connectivity index (χ1n) is 7.19. The van der Waals surface area contributed by atoms with Crippen LogP contribution in [0.5, 0.6) is 0 Å². The van der Waals surface area contributed by atoms with Gasteiger partial charge in [-0.2, -0.15) is 5.26 Å². The lowest BCUT2D eigenvalue weighted by Gasteiger charge is -2.26. The van der Waals surface area contributed by atoms with Gasteiger partial charge in [0.25, 0.3) is 0 Å². The molecule has 2 atom stereocenters. The van der Waals surface area contributed by atoms with Gasteiger partial charge < -0.3 is 4.57 Å². The Bertz CT molecular complexity index is 469. The Hall–Kier alpha value is -1.34. The molecule has 19 heavy (non-hydrogen) atoms. The number of nitrogens with one attached hydrogen (secondary N) is 1. The van der Waals surface area contributed by atoms with E-state index in [1.807, 2.05) is 6.20 Å². The number of nitriles is 1. The summed E-state index contributed by atoms with van der Waals surface area (Å²) in [7, 11) is 0. The average Bonchev–Trinajstić information content (AvgIpc) is 2.94. The highest BCUT2D eigenvalue weighted by molar-refractivity contribution is 5.15. The van der Waals surface area contributed by atoms with Gasteiger partial charge in [0.15, 0.2) is 0 Å². The highest BCUT2D eigenvalue weighted by Gasteiger charge is 2.40. The van der Waals surface area contributed by atoms with E-state index in [1.54, 1.807) is 0 Å². The molecule has 0 radical (unpaired) electrons. The van der Waals surface area contributed by atoms with E-state index in [4.69, 9.17) is 0 Å². The first kappa shape index (κ1) is 14.1. The van der Waals surface area contributed by atoms with Crippen molar-refractivity contribution in [1.82, 2.24) is 14.9 Å². The quantitative estimate of drug-likeness (QED) is 0.905. The van der Waals surface area contributed by atoms with Crippen LogP contribution in [0, 0.1) is 11.3 Å². The maximum Gasteiger partial charge on any atom is 0.111 e. The van der Waals surface area contributed by atoms with Crippen LogP contribution in [0.2, 0.25) is 0 Å². The summed E-state index contributed by atoms with van der Waals surface area (Å²) in [5.41, 5.74) is -0.364. The van der Waals surface area contributed by atoms with Crippen LogP contribution >= 0.6 is 0 Å². The third kappa shape index (κ3) is 2.82. The third-order valence-electron chi connectivity index (χ3n) is 3.88. The standard InChI is InChI=1S/C15H24N4/c1-11(2)14-17-7-8-19(14)13-5-6-15(9-13,10-16)18-12(3)4/h7-8,11-13,18H,5-6,9H2,1-4H3. The van der Waals surface area contributed by atoms with Gasteiger partial charge in [-0.25, -0.2) is 4.98 Å². The van der Waals surface area contributed by atoms with E-state index in [1.165, 1.54) is 0 Å². The highest BCUT2D eigenvalue weighted by atomic mass is 15.1.